The Morgan fingerprint density at radius 3 is 2.33 bits per heavy atom. The number of aromatic nitrogens is 1. The van der Waals surface area contributed by atoms with E-state index in [1.165, 1.54) is 24.0 Å². The normalized spacial score (nSPS) is 21.9. The highest BCUT2D eigenvalue weighted by molar-refractivity contribution is 7.92. The lowest BCUT2D eigenvalue weighted by Crippen LogP contribution is -2.76. The van der Waals surface area contributed by atoms with Gasteiger partial charge >= 0.3 is 0 Å². The van der Waals surface area contributed by atoms with Crippen LogP contribution in [0.3, 0.4) is 0 Å². The van der Waals surface area contributed by atoms with Crippen molar-refractivity contribution in [1.29, 1.82) is 0 Å². The van der Waals surface area contributed by atoms with Gasteiger partial charge in [-0.15, -0.1) is 0 Å². The summed E-state index contributed by atoms with van der Waals surface area (Å²) in [6.07, 6.45) is -1.01. The zero-order valence-corrected chi connectivity index (χ0v) is 23.9. The first-order valence-corrected chi connectivity index (χ1v) is 15.5. The quantitative estimate of drug-likeness (QED) is 0.374. The van der Waals surface area contributed by atoms with Crippen LogP contribution in [0.1, 0.15) is 51.4 Å². The topological polar surface area (TPSA) is 135 Å². The minimum absolute atomic E-state index is 0.0384. The highest BCUT2D eigenvalue weighted by atomic mass is 35.5. The van der Waals surface area contributed by atoms with E-state index in [0.29, 0.717) is 25.1 Å². The minimum atomic E-state index is -3.23. The lowest BCUT2D eigenvalue weighted by atomic mass is 9.70. The molecule has 42 heavy (non-hydrogen) atoms. The molecule has 1 saturated carbocycles. The molecule has 10 nitrogen and oxygen atoms in total. The molecule has 4 heterocycles. The summed E-state index contributed by atoms with van der Waals surface area (Å²) < 4.78 is 66.5. The van der Waals surface area contributed by atoms with E-state index in [1.54, 1.807) is 4.57 Å². The molecule has 6 rings (SSSR count). The van der Waals surface area contributed by atoms with Gasteiger partial charge in [-0.1, -0.05) is 11.6 Å². The number of amides is 3. The summed E-state index contributed by atoms with van der Waals surface area (Å²) in [7, 11) is -3.16. The predicted molar refractivity (Wildman–Crippen MR) is 144 cm³/mol. The Kier molecular flexibility index (Phi) is 6.36. The lowest BCUT2D eigenvalue weighted by molar-refractivity contribution is -0.181. The van der Waals surface area contributed by atoms with E-state index in [2.05, 4.69) is 10.6 Å². The van der Waals surface area contributed by atoms with Crippen molar-refractivity contribution in [3.05, 3.63) is 51.6 Å². The van der Waals surface area contributed by atoms with E-state index < -0.39 is 68.9 Å². The molecule has 0 atom stereocenters. The van der Waals surface area contributed by atoms with Crippen molar-refractivity contribution in [1.82, 2.24) is 14.8 Å². The second-order valence-electron chi connectivity index (χ2n) is 11.9. The summed E-state index contributed by atoms with van der Waals surface area (Å²) in [6, 6.07) is 3.63. The number of fused-ring (bicyclic) bond motifs is 1. The van der Waals surface area contributed by atoms with Gasteiger partial charge in [0, 0.05) is 49.3 Å². The average Bonchev–Trinajstić information content (AvgIpc) is 3.40. The molecule has 3 amide bonds. The highest BCUT2D eigenvalue weighted by Crippen LogP contribution is 2.49. The number of halogens is 4. The fourth-order valence-corrected chi connectivity index (χ4v) is 9.20. The van der Waals surface area contributed by atoms with Crippen LogP contribution in [0.15, 0.2) is 18.2 Å². The Bertz CT molecular complexity index is 1680. The maximum atomic E-state index is 14.1. The number of anilines is 1. The van der Waals surface area contributed by atoms with Gasteiger partial charge in [0.2, 0.25) is 5.91 Å². The first-order chi connectivity index (χ1) is 19.5. The zero-order valence-electron chi connectivity index (χ0n) is 22.4. The Labute approximate surface area is 243 Å². The van der Waals surface area contributed by atoms with Gasteiger partial charge in [-0.3, -0.25) is 19.2 Å². The molecule has 2 N–H and O–H groups in total. The third kappa shape index (κ3) is 4.59. The van der Waals surface area contributed by atoms with Crippen molar-refractivity contribution in [2.75, 3.05) is 29.9 Å². The molecule has 1 aliphatic carbocycles. The van der Waals surface area contributed by atoms with Gasteiger partial charge in [-0.25, -0.2) is 21.6 Å². The second-order valence-corrected chi connectivity index (χ2v) is 14.4. The number of carbonyl (C=O) groups is 4. The molecule has 3 fully saturated rings. The minimum Gasteiger partial charge on any atom is -0.340 e. The number of rotatable bonds is 6. The SMILES string of the molecule is Cc1c(C(=O)C(=O)NC2(C(=O)N3CC4(C3)CS(=O)(=O)C4)CC(F)(F)C2)c2n(c1C(=O)Nc1ccc(F)c(Cl)c1)CCC2. The number of likely N-dealkylation sites (tertiary alicyclic amines) is 1. The van der Waals surface area contributed by atoms with Gasteiger partial charge in [0.15, 0.2) is 9.84 Å². The van der Waals surface area contributed by atoms with Gasteiger partial charge in [0.25, 0.3) is 23.5 Å². The van der Waals surface area contributed by atoms with Crippen LogP contribution in [-0.2, 0) is 32.4 Å². The first kappa shape index (κ1) is 28.7. The van der Waals surface area contributed by atoms with E-state index >= 15 is 0 Å². The van der Waals surface area contributed by atoms with Crippen LogP contribution in [0.2, 0.25) is 5.02 Å². The van der Waals surface area contributed by atoms with Crippen molar-refractivity contribution in [3.8, 4) is 0 Å². The van der Waals surface area contributed by atoms with Crippen LogP contribution < -0.4 is 10.6 Å². The Morgan fingerprint density at radius 2 is 1.74 bits per heavy atom. The summed E-state index contributed by atoms with van der Waals surface area (Å²) in [5.74, 6) is -7.76. The zero-order chi connectivity index (χ0) is 30.4. The number of hydrogen-bond donors (Lipinski definition) is 2. The molecule has 0 unspecified atom stereocenters. The molecule has 15 heteroatoms. The summed E-state index contributed by atoms with van der Waals surface area (Å²) in [5, 5.41) is 4.69. The number of alkyl halides is 2. The number of Topliss-reactive ketones (excluding diaryl/α,β-unsaturated/α-hetero) is 1. The van der Waals surface area contributed by atoms with Gasteiger partial charge in [-0.05, 0) is 43.5 Å². The van der Waals surface area contributed by atoms with Crippen LogP contribution in [0.4, 0.5) is 18.9 Å². The molecule has 1 spiro atoms. The molecule has 2 saturated heterocycles. The summed E-state index contributed by atoms with van der Waals surface area (Å²) in [6.45, 7) is 2.03. The molecule has 224 valence electrons. The third-order valence-electron chi connectivity index (χ3n) is 8.51. The lowest BCUT2D eigenvalue weighted by Gasteiger charge is -2.58. The Morgan fingerprint density at radius 1 is 1.07 bits per heavy atom. The average molecular weight is 627 g/mol. The summed E-state index contributed by atoms with van der Waals surface area (Å²) >= 11 is 5.81. The molecule has 1 aromatic carbocycles. The Balaban J connectivity index is 1.22. The van der Waals surface area contributed by atoms with Crippen molar-refractivity contribution in [3.63, 3.8) is 0 Å². The fourth-order valence-electron chi connectivity index (χ4n) is 6.87. The number of nitrogens with zero attached hydrogens (tertiary/aromatic N) is 2. The molecular formula is C27H26ClF3N4O6S. The van der Waals surface area contributed by atoms with Crippen molar-refractivity contribution >= 4 is 50.6 Å². The summed E-state index contributed by atoms with van der Waals surface area (Å²) in [4.78, 5) is 54.5. The molecule has 1 aromatic heterocycles. The van der Waals surface area contributed by atoms with Crippen molar-refractivity contribution in [2.45, 2.75) is 50.6 Å². The van der Waals surface area contributed by atoms with Crippen LogP contribution in [0.5, 0.6) is 0 Å². The predicted octanol–water partition coefficient (Wildman–Crippen LogP) is 2.51. The van der Waals surface area contributed by atoms with Crippen molar-refractivity contribution < 1.29 is 40.8 Å². The maximum Gasteiger partial charge on any atom is 0.293 e. The number of nitrogens with one attached hydrogen (secondary N) is 2. The summed E-state index contributed by atoms with van der Waals surface area (Å²) in [5.41, 5.74) is -1.66. The van der Waals surface area contributed by atoms with E-state index in [-0.39, 0.29) is 52.1 Å². The van der Waals surface area contributed by atoms with Crippen LogP contribution in [0, 0.1) is 18.2 Å². The monoisotopic (exact) mass is 626 g/mol. The second kappa shape index (κ2) is 9.30. The van der Waals surface area contributed by atoms with Crippen LogP contribution >= 0.6 is 11.6 Å². The molecule has 0 bridgehead atoms. The largest absolute Gasteiger partial charge is 0.340 e. The maximum absolute atomic E-state index is 14.1. The third-order valence-corrected chi connectivity index (χ3v) is 10.9. The Hall–Kier alpha value is -3.39. The van der Waals surface area contributed by atoms with Gasteiger partial charge in [-0.2, -0.15) is 0 Å². The number of sulfone groups is 1. The number of benzene rings is 1. The van der Waals surface area contributed by atoms with Gasteiger partial charge in [0.05, 0.1) is 22.1 Å². The number of carbonyl (C=O) groups excluding carboxylic acids is 4. The number of hydrogen-bond acceptors (Lipinski definition) is 6. The molecular weight excluding hydrogens is 601 g/mol. The fraction of sp³-hybridized carbons (Fsp3) is 0.481. The highest BCUT2D eigenvalue weighted by Gasteiger charge is 2.66. The molecule has 4 aliphatic rings. The van der Waals surface area contributed by atoms with Crippen LogP contribution in [0.25, 0.3) is 0 Å². The molecule has 3 aliphatic heterocycles. The van der Waals surface area contributed by atoms with Crippen molar-refractivity contribution in [2.24, 2.45) is 5.41 Å². The van der Waals surface area contributed by atoms with E-state index in [9.17, 15) is 40.8 Å². The smallest absolute Gasteiger partial charge is 0.293 e. The standard InChI is InChI=1S/C27H26ClF3N4O6S/c1-14-19(18-3-2-6-35(18)20(14)22(37)32-15-4-5-17(29)16(28)7-15)21(36)23(38)33-26(8-27(30,31)9-26)24(39)34-10-25(11-34)12-42(40,41)13-25/h4-5,7H,2-3,6,8-13H2,1H3,(H,32,37)(H,33,38). The van der Waals surface area contributed by atoms with E-state index in [4.69, 9.17) is 11.6 Å². The first-order valence-electron chi connectivity index (χ1n) is 13.3. The number of ketones is 1. The van der Waals surface area contributed by atoms with Gasteiger partial charge in [0.1, 0.15) is 17.1 Å². The molecule has 2 aromatic rings. The van der Waals surface area contributed by atoms with E-state index in [1.807, 2.05) is 0 Å². The molecule has 0 radical (unpaired) electrons. The van der Waals surface area contributed by atoms with Gasteiger partial charge < -0.3 is 20.1 Å². The van der Waals surface area contributed by atoms with E-state index in [0.717, 1.165) is 6.07 Å². The van der Waals surface area contributed by atoms with Crippen LogP contribution in [-0.4, -0.2) is 77.4 Å².